The molecule has 0 aliphatic rings. The second kappa shape index (κ2) is 7.33. The predicted octanol–water partition coefficient (Wildman–Crippen LogP) is 2.32. The number of furan rings is 1. The minimum absolute atomic E-state index is 0.499. The van der Waals surface area contributed by atoms with E-state index in [1.54, 1.807) is 18.5 Å². The molecule has 0 amide bonds. The van der Waals surface area contributed by atoms with Gasteiger partial charge in [-0.15, -0.1) is 0 Å². The topological polar surface area (TPSA) is 49.6 Å². The Labute approximate surface area is 117 Å². The molecule has 0 fully saturated rings. The molecule has 0 saturated heterocycles. The minimum Gasteiger partial charge on any atom is -0.463 e. The molecule has 98 valence electrons. The highest BCUT2D eigenvalue weighted by molar-refractivity contribution is 7.80. The zero-order chi connectivity index (χ0) is 13.3. The van der Waals surface area contributed by atoms with E-state index in [0.717, 1.165) is 13.0 Å². The van der Waals surface area contributed by atoms with Gasteiger partial charge in [-0.1, -0.05) is 30.3 Å². The molecule has 0 bridgehead atoms. The lowest BCUT2D eigenvalue weighted by atomic mass is 10.1. The fourth-order valence-electron chi connectivity index (χ4n) is 1.52. The second-order valence-electron chi connectivity index (χ2n) is 3.88. The number of hydrogen-bond donors (Lipinski definition) is 2. The van der Waals surface area contributed by atoms with E-state index >= 15 is 0 Å². The summed E-state index contributed by atoms with van der Waals surface area (Å²) < 4.78 is 5.10. The van der Waals surface area contributed by atoms with E-state index in [-0.39, 0.29) is 0 Å². The van der Waals surface area contributed by atoms with Gasteiger partial charge >= 0.3 is 0 Å². The molecule has 0 radical (unpaired) electrons. The molecule has 0 aliphatic carbocycles. The molecular formula is C14H15N3OS. The van der Waals surface area contributed by atoms with Gasteiger partial charge in [0.05, 0.1) is 12.5 Å². The Kier molecular flexibility index (Phi) is 5.13. The van der Waals surface area contributed by atoms with E-state index in [1.807, 2.05) is 24.3 Å². The Morgan fingerprint density at radius 2 is 2.05 bits per heavy atom. The van der Waals surface area contributed by atoms with Crippen molar-refractivity contribution in [3.63, 3.8) is 0 Å². The van der Waals surface area contributed by atoms with Crippen molar-refractivity contribution >= 4 is 23.5 Å². The van der Waals surface area contributed by atoms with Gasteiger partial charge in [0.1, 0.15) is 5.76 Å². The van der Waals surface area contributed by atoms with Gasteiger partial charge in [0, 0.05) is 6.54 Å². The fourth-order valence-corrected chi connectivity index (χ4v) is 1.68. The Hall–Kier alpha value is -2.14. The highest BCUT2D eigenvalue weighted by atomic mass is 32.1. The maximum Gasteiger partial charge on any atom is 0.186 e. The monoisotopic (exact) mass is 273 g/mol. The zero-order valence-corrected chi connectivity index (χ0v) is 11.2. The molecule has 5 heteroatoms. The molecule has 2 rings (SSSR count). The van der Waals surface area contributed by atoms with Crippen LogP contribution in [0.5, 0.6) is 0 Å². The number of rotatable bonds is 5. The first-order chi connectivity index (χ1) is 9.34. The van der Waals surface area contributed by atoms with Crippen LogP contribution in [0.1, 0.15) is 11.3 Å². The molecule has 19 heavy (non-hydrogen) atoms. The third-order valence-electron chi connectivity index (χ3n) is 2.44. The van der Waals surface area contributed by atoms with E-state index in [2.05, 4.69) is 28.0 Å². The summed E-state index contributed by atoms with van der Waals surface area (Å²) >= 11 is 5.10. The molecule has 4 nitrogen and oxygen atoms in total. The van der Waals surface area contributed by atoms with Crippen LogP contribution in [0.2, 0.25) is 0 Å². The van der Waals surface area contributed by atoms with E-state index in [0.29, 0.717) is 10.9 Å². The summed E-state index contributed by atoms with van der Waals surface area (Å²) in [7, 11) is 0. The van der Waals surface area contributed by atoms with Crippen molar-refractivity contribution in [2.45, 2.75) is 6.42 Å². The van der Waals surface area contributed by atoms with Crippen LogP contribution in [0.3, 0.4) is 0 Å². The maximum atomic E-state index is 5.10. The lowest BCUT2D eigenvalue weighted by Crippen LogP contribution is -2.33. The summed E-state index contributed by atoms with van der Waals surface area (Å²) in [4.78, 5) is 0. The van der Waals surface area contributed by atoms with Gasteiger partial charge in [-0.3, -0.25) is 5.43 Å². The number of nitrogens with one attached hydrogen (secondary N) is 2. The Bertz CT molecular complexity index is 523. The van der Waals surface area contributed by atoms with Crippen LogP contribution in [0.15, 0.2) is 58.2 Å². The predicted molar refractivity (Wildman–Crippen MR) is 80.2 cm³/mol. The van der Waals surface area contributed by atoms with Gasteiger partial charge in [-0.05, 0) is 36.3 Å². The van der Waals surface area contributed by atoms with Gasteiger partial charge in [0.15, 0.2) is 5.11 Å². The quantitative estimate of drug-likeness (QED) is 0.499. The molecular weight excluding hydrogens is 258 g/mol. The van der Waals surface area contributed by atoms with E-state index in [4.69, 9.17) is 16.6 Å². The van der Waals surface area contributed by atoms with Crippen LogP contribution in [0.25, 0.3) is 0 Å². The zero-order valence-electron chi connectivity index (χ0n) is 10.4. The van der Waals surface area contributed by atoms with Crippen LogP contribution >= 0.6 is 12.2 Å². The van der Waals surface area contributed by atoms with Crippen molar-refractivity contribution < 1.29 is 4.42 Å². The molecule has 0 saturated carbocycles. The number of benzene rings is 1. The van der Waals surface area contributed by atoms with Gasteiger partial charge < -0.3 is 9.73 Å². The highest BCUT2D eigenvalue weighted by Gasteiger charge is 1.94. The maximum absolute atomic E-state index is 5.10. The molecule has 2 aromatic rings. The third kappa shape index (κ3) is 4.93. The normalized spacial score (nSPS) is 10.5. The van der Waals surface area contributed by atoms with Gasteiger partial charge in [-0.2, -0.15) is 5.10 Å². The van der Waals surface area contributed by atoms with Crippen LogP contribution < -0.4 is 10.7 Å². The summed E-state index contributed by atoms with van der Waals surface area (Å²) in [5.74, 6) is 0.680. The average molecular weight is 273 g/mol. The summed E-state index contributed by atoms with van der Waals surface area (Å²) in [6.45, 7) is 0.770. The summed E-state index contributed by atoms with van der Waals surface area (Å²) in [6.07, 6.45) is 4.09. The average Bonchev–Trinajstić information content (AvgIpc) is 2.93. The lowest BCUT2D eigenvalue weighted by molar-refractivity contribution is 0.560. The molecule has 1 aromatic heterocycles. The number of hydrazone groups is 1. The molecule has 0 aliphatic heterocycles. The molecule has 0 atom stereocenters. The van der Waals surface area contributed by atoms with Crippen molar-refractivity contribution in [3.8, 4) is 0 Å². The molecule has 1 aromatic carbocycles. The number of hydrogen-bond acceptors (Lipinski definition) is 3. The molecule has 2 N–H and O–H groups in total. The lowest BCUT2D eigenvalue weighted by Gasteiger charge is -2.06. The van der Waals surface area contributed by atoms with Crippen molar-refractivity contribution in [1.82, 2.24) is 10.7 Å². The number of nitrogens with zero attached hydrogens (tertiary/aromatic N) is 1. The third-order valence-corrected chi connectivity index (χ3v) is 2.68. The summed E-state index contributed by atoms with van der Waals surface area (Å²) in [5.41, 5.74) is 4.01. The van der Waals surface area contributed by atoms with Crippen LogP contribution in [-0.4, -0.2) is 17.9 Å². The van der Waals surface area contributed by atoms with Gasteiger partial charge in [0.25, 0.3) is 0 Å². The first kappa shape index (κ1) is 13.3. The first-order valence-electron chi connectivity index (χ1n) is 5.99. The Morgan fingerprint density at radius 3 is 2.79 bits per heavy atom. The molecule has 0 unspecified atom stereocenters. The van der Waals surface area contributed by atoms with Crippen molar-refractivity contribution in [2.24, 2.45) is 5.10 Å². The Balaban J connectivity index is 1.65. The van der Waals surface area contributed by atoms with E-state index < -0.39 is 0 Å². The fraction of sp³-hybridized carbons (Fsp3) is 0.143. The molecule has 1 heterocycles. The smallest absolute Gasteiger partial charge is 0.186 e. The summed E-state index contributed by atoms with van der Waals surface area (Å²) in [6, 6.07) is 13.9. The van der Waals surface area contributed by atoms with Gasteiger partial charge in [-0.25, -0.2) is 0 Å². The SMILES string of the molecule is S=C(NCCc1ccccc1)NN=Cc1ccco1. The van der Waals surface area contributed by atoms with Crippen LogP contribution in [-0.2, 0) is 6.42 Å². The van der Waals surface area contributed by atoms with Gasteiger partial charge in [0.2, 0.25) is 0 Å². The second-order valence-corrected chi connectivity index (χ2v) is 4.29. The van der Waals surface area contributed by atoms with Crippen molar-refractivity contribution in [3.05, 3.63) is 60.1 Å². The van der Waals surface area contributed by atoms with E-state index in [1.165, 1.54) is 5.56 Å². The van der Waals surface area contributed by atoms with Crippen molar-refractivity contribution in [1.29, 1.82) is 0 Å². The standard InChI is InChI=1S/C14H15N3OS/c19-14(17-16-11-13-7-4-10-18-13)15-9-8-12-5-2-1-3-6-12/h1-7,10-11H,8-9H2,(H2,15,17,19). The van der Waals surface area contributed by atoms with E-state index in [9.17, 15) is 0 Å². The highest BCUT2D eigenvalue weighted by Crippen LogP contribution is 1.98. The number of thiocarbonyl (C=S) groups is 1. The van der Waals surface area contributed by atoms with Crippen molar-refractivity contribution in [2.75, 3.05) is 6.54 Å². The minimum atomic E-state index is 0.499. The van der Waals surface area contributed by atoms with Crippen LogP contribution in [0.4, 0.5) is 0 Å². The summed E-state index contributed by atoms with van der Waals surface area (Å²) in [5, 5.41) is 7.55. The largest absolute Gasteiger partial charge is 0.463 e. The molecule has 0 spiro atoms. The van der Waals surface area contributed by atoms with Crippen LogP contribution in [0, 0.1) is 0 Å². The Morgan fingerprint density at radius 1 is 1.21 bits per heavy atom. The first-order valence-corrected chi connectivity index (χ1v) is 6.40.